The summed E-state index contributed by atoms with van der Waals surface area (Å²) < 4.78 is 38.8. The van der Waals surface area contributed by atoms with Gasteiger partial charge in [0, 0.05) is 15.0 Å². The highest BCUT2D eigenvalue weighted by atomic mass is 31.0. The molecule has 0 aromatic heterocycles. The molecule has 6 atom stereocenters. The van der Waals surface area contributed by atoms with Crippen molar-refractivity contribution in [3.63, 3.8) is 0 Å². The molecule has 0 bridgehead atoms. The van der Waals surface area contributed by atoms with E-state index in [-0.39, 0.29) is 5.04 Å². The van der Waals surface area contributed by atoms with Crippen molar-refractivity contribution < 1.29 is 27.9 Å². The molecule has 0 aliphatic carbocycles. The second-order valence-electron chi connectivity index (χ2n) is 11.5. The maximum absolute atomic E-state index is 7.15. The van der Waals surface area contributed by atoms with Crippen LogP contribution in [0.1, 0.15) is 39.2 Å². The van der Waals surface area contributed by atoms with E-state index >= 15 is 0 Å². The smallest absolute Gasteiger partial charge is 0.314 e. The second kappa shape index (κ2) is 13.0. The lowest BCUT2D eigenvalue weighted by molar-refractivity contribution is -0.375. The minimum Gasteiger partial charge on any atom is -0.405 e. The largest absolute Gasteiger partial charge is 0.405 e. The lowest BCUT2D eigenvalue weighted by atomic mass is 10.1. The topological polar surface area (TPSA) is 55.4 Å². The standard InChI is InChI=1S/C33H41O6PSi/c1-5-6-16-23-34-33(25-17-10-7-11-18-25)37-30-29(39-40)28(36-31(30)38-33)24-35-41(32(2,3)4,26-19-12-8-13-20-26)27-21-14-9-15-22-27/h5,7-15,17-22,28-31H,1,6,16,23-24,40H2,2-4H3. The van der Waals surface area contributed by atoms with Crippen LogP contribution in [0.2, 0.25) is 5.04 Å². The number of fused-ring (bicyclic) bond motifs is 1. The molecule has 3 aromatic rings. The van der Waals surface area contributed by atoms with Gasteiger partial charge in [0.1, 0.15) is 18.3 Å². The first-order chi connectivity index (χ1) is 19.8. The van der Waals surface area contributed by atoms with Crippen molar-refractivity contribution in [1.29, 1.82) is 0 Å². The van der Waals surface area contributed by atoms with Gasteiger partial charge in [-0.15, -0.1) is 6.58 Å². The molecule has 41 heavy (non-hydrogen) atoms. The summed E-state index contributed by atoms with van der Waals surface area (Å²) in [4.78, 5) is 0. The fraction of sp³-hybridized carbons (Fsp3) is 0.394. The van der Waals surface area contributed by atoms with Crippen LogP contribution in [0.3, 0.4) is 0 Å². The van der Waals surface area contributed by atoms with Crippen LogP contribution in [-0.2, 0) is 33.9 Å². The SMILES string of the molecule is C=CCCCOC1(c2ccccc2)OC2OC(CO[Si](c3ccccc3)(c3ccccc3)C(C)(C)C)C(OP)C2O1. The van der Waals surface area contributed by atoms with Gasteiger partial charge in [0.15, 0.2) is 6.29 Å². The van der Waals surface area contributed by atoms with Crippen molar-refractivity contribution in [3.05, 3.63) is 109 Å². The Morgan fingerprint density at radius 3 is 2.02 bits per heavy atom. The average Bonchev–Trinajstić information content (AvgIpc) is 3.51. The van der Waals surface area contributed by atoms with Gasteiger partial charge in [0.2, 0.25) is 0 Å². The van der Waals surface area contributed by atoms with Gasteiger partial charge in [-0.3, -0.25) is 4.74 Å². The summed E-state index contributed by atoms with van der Waals surface area (Å²) in [7, 11) is -0.375. The number of allylic oxidation sites excluding steroid dienone is 1. The Bertz CT molecular complexity index is 1220. The van der Waals surface area contributed by atoms with Crippen molar-refractivity contribution in [2.24, 2.45) is 0 Å². The van der Waals surface area contributed by atoms with Gasteiger partial charge in [0.25, 0.3) is 8.32 Å². The third-order valence-electron chi connectivity index (χ3n) is 7.84. The number of unbranched alkanes of at least 4 members (excludes halogenated alkanes) is 1. The van der Waals surface area contributed by atoms with Crippen LogP contribution in [0.25, 0.3) is 0 Å². The van der Waals surface area contributed by atoms with E-state index in [0.717, 1.165) is 18.4 Å². The summed E-state index contributed by atoms with van der Waals surface area (Å²) in [6, 6.07) is 30.9. The van der Waals surface area contributed by atoms with Gasteiger partial charge in [0.05, 0.1) is 13.2 Å². The summed E-state index contributed by atoms with van der Waals surface area (Å²) in [5.41, 5.74) is 0.777. The zero-order valence-electron chi connectivity index (χ0n) is 24.1. The highest BCUT2D eigenvalue weighted by molar-refractivity contribution is 7.09. The Balaban J connectivity index is 1.40. The minimum atomic E-state index is -2.76. The fourth-order valence-corrected chi connectivity index (χ4v) is 10.8. The summed E-state index contributed by atoms with van der Waals surface area (Å²) in [6.45, 7) is 11.4. The molecule has 0 amide bonds. The first kappa shape index (κ1) is 30.3. The summed E-state index contributed by atoms with van der Waals surface area (Å²) in [6.07, 6.45) is 1.51. The van der Waals surface area contributed by atoms with Crippen molar-refractivity contribution in [1.82, 2.24) is 0 Å². The maximum atomic E-state index is 7.15. The van der Waals surface area contributed by atoms with Gasteiger partial charge >= 0.3 is 5.97 Å². The van der Waals surface area contributed by atoms with Crippen LogP contribution < -0.4 is 10.4 Å². The molecule has 8 heteroatoms. The Labute approximate surface area is 247 Å². The highest BCUT2D eigenvalue weighted by Gasteiger charge is 2.61. The third kappa shape index (κ3) is 6.01. The number of ether oxygens (including phenoxy) is 4. The summed E-state index contributed by atoms with van der Waals surface area (Å²) in [5.74, 6) is -1.37. The van der Waals surface area contributed by atoms with E-state index in [0.29, 0.717) is 13.2 Å². The number of hydrogen-bond acceptors (Lipinski definition) is 6. The Kier molecular flexibility index (Phi) is 9.59. The van der Waals surface area contributed by atoms with Crippen LogP contribution in [-0.4, -0.2) is 46.1 Å². The van der Waals surface area contributed by atoms with Crippen LogP contribution in [0.5, 0.6) is 0 Å². The van der Waals surface area contributed by atoms with Crippen LogP contribution in [0.15, 0.2) is 104 Å². The monoisotopic (exact) mass is 592 g/mol. The molecule has 2 saturated heterocycles. The molecule has 218 valence electrons. The Morgan fingerprint density at radius 1 is 0.902 bits per heavy atom. The number of benzene rings is 3. The normalized spacial score (nSPS) is 26.1. The van der Waals surface area contributed by atoms with Gasteiger partial charge in [-0.05, 0) is 28.3 Å². The lowest BCUT2D eigenvalue weighted by Gasteiger charge is -2.43. The molecular formula is C33H41O6PSi. The van der Waals surface area contributed by atoms with E-state index < -0.39 is 38.9 Å². The Morgan fingerprint density at radius 2 is 1.49 bits per heavy atom. The van der Waals surface area contributed by atoms with E-state index in [4.69, 9.17) is 27.9 Å². The first-order valence-electron chi connectivity index (χ1n) is 14.3. The van der Waals surface area contributed by atoms with Gasteiger partial charge in [-0.25, -0.2) is 0 Å². The van der Waals surface area contributed by atoms with Crippen LogP contribution >= 0.6 is 9.47 Å². The van der Waals surface area contributed by atoms with Crippen LogP contribution in [0, 0.1) is 0 Å². The van der Waals surface area contributed by atoms with E-state index in [9.17, 15) is 0 Å². The maximum Gasteiger partial charge on any atom is 0.314 e. The zero-order valence-corrected chi connectivity index (χ0v) is 26.3. The van der Waals surface area contributed by atoms with Gasteiger partial charge in [-0.2, -0.15) is 0 Å². The van der Waals surface area contributed by atoms with Crippen LogP contribution in [0.4, 0.5) is 0 Å². The van der Waals surface area contributed by atoms with E-state index in [1.807, 2.05) is 48.5 Å². The molecule has 0 radical (unpaired) electrons. The molecule has 2 fully saturated rings. The molecule has 6 nitrogen and oxygen atoms in total. The molecule has 5 rings (SSSR count). The molecule has 0 N–H and O–H groups in total. The third-order valence-corrected chi connectivity index (χ3v) is 13.2. The molecule has 3 aromatic carbocycles. The second-order valence-corrected chi connectivity index (χ2v) is 16.1. The molecule has 2 aliphatic rings. The van der Waals surface area contributed by atoms with Gasteiger partial charge < -0.3 is 23.2 Å². The quantitative estimate of drug-likeness (QED) is 0.117. The molecule has 2 aliphatic heterocycles. The van der Waals surface area contributed by atoms with E-state index in [2.05, 4.69) is 85.3 Å². The van der Waals surface area contributed by atoms with Crippen molar-refractivity contribution in [2.75, 3.05) is 13.2 Å². The molecular weight excluding hydrogens is 551 g/mol. The van der Waals surface area contributed by atoms with E-state index in [1.165, 1.54) is 10.4 Å². The number of rotatable bonds is 12. The lowest BCUT2D eigenvalue weighted by Crippen LogP contribution is -2.67. The zero-order chi connectivity index (χ0) is 28.9. The average molecular weight is 593 g/mol. The molecule has 6 unspecified atom stereocenters. The fourth-order valence-electron chi connectivity index (χ4n) is 5.90. The van der Waals surface area contributed by atoms with Crippen molar-refractivity contribution >= 4 is 28.2 Å². The summed E-state index contributed by atoms with van der Waals surface area (Å²) >= 11 is 0. The predicted octanol–water partition coefficient (Wildman–Crippen LogP) is 5.67. The minimum absolute atomic E-state index is 0.157. The Hall–Kier alpha value is -2.19. The molecule has 0 saturated carbocycles. The predicted molar refractivity (Wildman–Crippen MR) is 166 cm³/mol. The first-order valence-corrected chi connectivity index (χ1v) is 16.6. The molecule has 2 heterocycles. The number of hydrogen-bond donors (Lipinski definition) is 0. The van der Waals surface area contributed by atoms with Crippen molar-refractivity contribution in [3.8, 4) is 0 Å². The molecule has 0 spiro atoms. The summed E-state index contributed by atoms with van der Waals surface area (Å²) in [5, 5.41) is 2.27. The highest BCUT2D eigenvalue weighted by Crippen LogP contribution is 2.46. The van der Waals surface area contributed by atoms with Gasteiger partial charge in [-0.1, -0.05) is 118 Å². The van der Waals surface area contributed by atoms with Crippen molar-refractivity contribution in [2.45, 2.75) is 69.2 Å². The van der Waals surface area contributed by atoms with E-state index in [1.54, 1.807) is 0 Å².